The average molecular weight is 420 g/mol. The van der Waals surface area contributed by atoms with E-state index in [0.29, 0.717) is 9.61 Å². The van der Waals surface area contributed by atoms with Gasteiger partial charge in [0.1, 0.15) is 4.88 Å². The van der Waals surface area contributed by atoms with Crippen molar-refractivity contribution in [3.05, 3.63) is 46.7 Å². The molecule has 0 aliphatic heterocycles. The van der Waals surface area contributed by atoms with Gasteiger partial charge in [0.25, 0.3) is 0 Å². The average Bonchev–Trinajstić information content (AvgIpc) is 3.38. The zero-order valence-corrected chi connectivity index (χ0v) is 16.1. The van der Waals surface area contributed by atoms with Crippen LogP contribution < -0.4 is 4.84 Å². The molecular weight excluding hydrogens is 410 g/mol. The molecule has 0 spiro atoms. The molecule has 5 aromatic heterocycles. The molecule has 5 heterocycles. The summed E-state index contributed by atoms with van der Waals surface area (Å²) >= 11 is 6.57. The van der Waals surface area contributed by atoms with Gasteiger partial charge in [-0.25, -0.2) is 4.79 Å². The standard InChI is InChI=1S/C17H9NO4S4/c19-13-3-4-14(20)18(13)22-17(21)10-2-1-8(24-10)11-7-12-16(26-11)15-9(25-12)5-6-23-15/h1-7,19-20H. The number of fused-ring (bicyclic) bond motifs is 3. The van der Waals surface area contributed by atoms with E-state index in [-0.39, 0.29) is 11.8 Å². The maximum absolute atomic E-state index is 12.3. The fraction of sp³-hybridized carbons (Fsp3) is 0. The number of thiophene rings is 4. The lowest BCUT2D eigenvalue weighted by Gasteiger charge is -2.05. The highest BCUT2D eigenvalue weighted by atomic mass is 32.1. The Morgan fingerprint density at radius 1 is 0.885 bits per heavy atom. The van der Waals surface area contributed by atoms with Crippen molar-refractivity contribution in [3.8, 4) is 21.5 Å². The van der Waals surface area contributed by atoms with Crippen molar-refractivity contribution in [2.45, 2.75) is 0 Å². The SMILES string of the molecule is O=C(On1c(O)ccc1O)c1ccc(-c2cc3sc4ccsc4c3s2)s1. The fourth-order valence-electron chi connectivity index (χ4n) is 2.59. The maximum atomic E-state index is 12.3. The number of carbonyl (C=O) groups is 1. The molecule has 130 valence electrons. The van der Waals surface area contributed by atoms with Crippen molar-refractivity contribution in [3.63, 3.8) is 0 Å². The Bertz CT molecular complexity index is 1250. The Balaban J connectivity index is 1.45. The Hall–Kier alpha value is -2.33. The third-order valence-electron chi connectivity index (χ3n) is 3.78. The van der Waals surface area contributed by atoms with Crippen LogP contribution in [0.5, 0.6) is 11.8 Å². The first-order valence-electron chi connectivity index (χ1n) is 7.42. The Labute approximate surface area is 162 Å². The molecule has 5 rings (SSSR count). The minimum absolute atomic E-state index is 0.342. The molecule has 2 N–H and O–H groups in total. The van der Waals surface area contributed by atoms with Gasteiger partial charge in [-0.1, -0.05) is 0 Å². The molecule has 0 unspecified atom stereocenters. The normalized spacial score (nSPS) is 11.5. The van der Waals surface area contributed by atoms with Crippen LogP contribution >= 0.6 is 45.3 Å². The molecule has 0 atom stereocenters. The van der Waals surface area contributed by atoms with Gasteiger partial charge in [0, 0.05) is 31.3 Å². The zero-order chi connectivity index (χ0) is 17.8. The summed E-state index contributed by atoms with van der Waals surface area (Å²) in [5.74, 6) is -1.32. The third-order valence-corrected chi connectivity index (χ3v) is 8.61. The molecule has 0 radical (unpaired) electrons. The monoisotopic (exact) mass is 419 g/mol. The van der Waals surface area contributed by atoms with Crippen LogP contribution in [0.25, 0.3) is 28.6 Å². The summed E-state index contributed by atoms with van der Waals surface area (Å²) in [7, 11) is 0. The summed E-state index contributed by atoms with van der Waals surface area (Å²) in [6.07, 6.45) is 0. The van der Waals surface area contributed by atoms with E-state index in [4.69, 9.17) is 4.84 Å². The molecule has 9 heteroatoms. The largest absolute Gasteiger partial charge is 0.492 e. The van der Waals surface area contributed by atoms with Crippen LogP contribution in [0.4, 0.5) is 0 Å². The Morgan fingerprint density at radius 3 is 2.50 bits per heavy atom. The number of carbonyl (C=O) groups excluding carboxylic acids is 1. The van der Waals surface area contributed by atoms with Crippen molar-refractivity contribution in [1.29, 1.82) is 0 Å². The number of hydrogen-bond donors (Lipinski definition) is 2. The van der Waals surface area contributed by atoms with Crippen LogP contribution in [-0.2, 0) is 0 Å². The lowest BCUT2D eigenvalue weighted by molar-refractivity contribution is 0.0387. The molecule has 0 aliphatic carbocycles. The van der Waals surface area contributed by atoms with Crippen molar-refractivity contribution in [1.82, 2.24) is 4.73 Å². The second-order valence-electron chi connectivity index (χ2n) is 5.41. The minimum atomic E-state index is -0.637. The van der Waals surface area contributed by atoms with Gasteiger partial charge >= 0.3 is 5.97 Å². The summed E-state index contributed by atoms with van der Waals surface area (Å²) in [5.41, 5.74) is 0. The molecule has 0 fully saturated rings. The molecule has 0 aromatic carbocycles. The number of rotatable bonds is 3. The van der Waals surface area contributed by atoms with E-state index >= 15 is 0 Å². The number of aromatic nitrogens is 1. The van der Waals surface area contributed by atoms with Crippen LogP contribution in [0.15, 0.2) is 41.8 Å². The van der Waals surface area contributed by atoms with Crippen LogP contribution in [0.1, 0.15) is 9.67 Å². The van der Waals surface area contributed by atoms with Gasteiger partial charge in [-0.2, -0.15) is 0 Å². The van der Waals surface area contributed by atoms with E-state index in [2.05, 4.69) is 17.5 Å². The molecule has 0 amide bonds. The van der Waals surface area contributed by atoms with E-state index < -0.39 is 5.97 Å². The first-order chi connectivity index (χ1) is 12.6. The molecule has 0 bridgehead atoms. The second kappa shape index (κ2) is 5.85. The lowest BCUT2D eigenvalue weighted by Crippen LogP contribution is -2.17. The summed E-state index contributed by atoms with van der Waals surface area (Å²) in [6.45, 7) is 0. The molecule has 0 saturated carbocycles. The van der Waals surface area contributed by atoms with Gasteiger partial charge < -0.3 is 15.1 Å². The van der Waals surface area contributed by atoms with Crippen molar-refractivity contribution >= 4 is 70.1 Å². The van der Waals surface area contributed by atoms with Gasteiger partial charge in [-0.3, -0.25) is 0 Å². The predicted molar refractivity (Wildman–Crippen MR) is 107 cm³/mol. The van der Waals surface area contributed by atoms with Crippen molar-refractivity contribution in [2.75, 3.05) is 0 Å². The Kier molecular flexibility index (Phi) is 3.57. The zero-order valence-electron chi connectivity index (χ0n) is 12.8. The third kappa shape index (κ3) is 2.43. The summed E-state index contributed by atoms with van der Waals surface area (Å²) in [4.78, 5) is 19.8. The van der Waals surface area contributed by atoms with E-state index in [1.807, 2.05) is 6.07 Å². The number of nitrogens with zero attached hydrogens (tertiary/aromatic N) is 1. The lowest BCUT2D eigenvalue weighted by atomic mass is 10.3. The topological polar surface area (TPSA) is 71.7 Å². The van der Waals surface area contributed by atoms with E-state index in [9.17, 15) is 15.0 Å². The van der Waals surface area contributed by atoms with Crippen LogP contribution in [0, 0.1) is 0 Å². The van der Waals surface area contributed by atoms with Gasteiger partial charge in [0.15, 0.2) is 0 Å². The van der Waals surface area contributed by atoms with Gasteiger partial charge in [0.05, 0.1) is 9.40 Å². The maximum Gasteiger partial charge on any atom is 0.373 e. The van der Waals surface area contributed by atoms with Crippen LogP contribution in [0.2, 0.25) is 0 Å². The number of aromatic hydroxyl groups is 2. The van der Waals surface area contributed by atoms with E-state index in [0.717, 1.165) is 9.75 Å². The van der Waals surface area contributed by atoms with Crippen molar-refractivity contribution in [2.24, 2.45) is 0 Å². The second-order valence-corrected chi connectivity index (χ2v) is 9.54. The summed E-state index contributed by atoms with van der Waals surface area (Å²) in [6, 6.07) is 10.4. The van der Waals surface area contributed by atoms with Crippen LogP contribution in [0.3, 0.4) is 0 Å². The Morgan fingerprint density at radius 2 is 1.69 bits per heavy atom. The van der Waals surface area contributed by atoms with Crippen LogP contribution in [-0.4, -0.2) is 20.9 Å². The number of hydrogen-bond acceptors (Lipinski definition) is 8. The smallest absolute Gasteiger partial charge is 0.373 e. The highest BCUT2D eigenvalue weighted by Gasteiger charge is 2.18. The quantitative estimate of drug-likeness (QED) is 0.411. The van der Waals surface area contributed by atoms with Gasteiger partial charge in [-0.05, 0) is 29.6 Å². The van der Waals surface area contributed by atoms with E-state index in [1.165, 1.54) is 42.3 Å². The summed E-state index contributed by atoms with van der Waals surface area (Å²) < 4.78 is 5.86. The minimum Gasteiger partial charge on any atom is -0.492 e. The molecule has 5 nitrogen and oxygen atoms in total. The van der Waals surface area contributed by atoms with E-state index in [1.54, 1.807) is 40.1 Å². The van der Waals surface area contributed by atoms with Gasteiger partial charge in [0.2, 0.25) is 11.8 Å². The highest BCUT2D eigenvalue weighted by Crippen LogP contribution is 2.46. The van der Waals surface area contributed by atoms with Crippen molar-refractivity contribution < 1.29 is 19.8 Å². The molecule has 0 saturated heterocycles. The molecule has 5 aromatic rings. The molecule has 26 heavy (non-hydrogen) atoms. The summed E-state index contributed by atoms with van der Waals surface area (Å²) in [5, 5.41) is 21.2. The predicted octanol–water partition coefficient (Wildman–Crippen LogP) is 5.39. The first-order valence-corrected chi connectivity index (χ1v) is 10.7. The highest BCUT2D eigenvalue weighted by molar-refractivity contribution is 7.39. The first kappa shape index (κ1) is 15.9. The van der Waals surface area contributed by atoms with Gasteiger partial charge in [-0.15, -0.1) is 50.1 Å². The molecule has 0 aliphatic rings. The molecular formula is C17H9NO4S4. The fourth-order valence-corrected chi connectivity index (χ4v) is 7.32.